The van der Waals surface area contributed by atoms with Crippen LogP contribution in [0.1, 0.15) is 44.7 Å². The second kappa shape index (κ2) is 6.39. The predicted molar refractivity (Wildman–Crippen MR) is 90.9 cm³/mol. The van der Waals surface area contributed by atoms with E-state index in [4.69, 9.17) is 11.6 Å². The molecule has 22 heavy (non-hydrogen) atoms. The number of hydrogen-bond acceptors (Lipinski definition) is 3. The Balaban J connectivity index is 1.65. The van der Waals surface area contributed by atoms with E-state index in [0.29, 0.717) is 16.5 Å². The zero-order valence-electron chi connectivity index (χ0n) is 12.8. The third-order valence-corrected chi connectivity index (χ3v) is 5.72. The van der Waals surface area contributed by atoms with Gasteiger partial charge in [0.25, 0.3) is 5.91 Å². The van der Waals surface area contributed by atoms with E-state index >= 15 is 0 Å². The van der Waals surface area contributed by atoms with Gasteiger partial charge in [-0.15, -0.1) is 11.3 Å². The van der Waals surface area contributed by atoms with E-state index in [9.17, 15) is 4.79 Å². The molecule has 0 saturated carbocycles. The summed E-state index contributed by atoms with van der Waals surface area (Å²) in [6.45, 7) is 5.75. The molecule has 0 atom stereocenters. The zero-order valence-corrected chi connectivity index (χ0v) is 14.4. The van der Waals surface area contributed by atoms with E-state index < -0.39 is 0 Å². The number of aryl methyl sites for hydroxylation is 2. The normalized spacial score (nSPS) is 16.0. The highest BCUT2D eigenvalue weighted by molar-refractivity contribution is 7.11. The van der Waals surface area contributed by atoms with Crippen LogP contribution in [0.4, 0.5) is 0 Å². The van der Waals surface area contributed by atoms with Crippen LogP contribution in [0.15, 0.2) is 24.3 Å². The number of rotatable bonds is 2. The molecule has 2 heterocycles. The summed E-state index contributed by atoms with van der Waals surface area (Å²) in [4.78, 5) is 20.4. The van der Waals surface area contributed by atoms with Gasteiger partial charge in [-0.2, -0.15) is 0 Å². The van der Waals surface area contributed by atoms with Gasteiger partial charge in [-0.3, -0.25) is 4.79 Å². The number of nitrogens with zero attached hydrogens (tertiary/aromatic N) is 2. The van der Waals surface area contributed by atoms with Crippen molar-refractivity contribution in [2.24, 2.45) is 0 Å². The molecule has 1 fully saturated rings. The lowest BCUT2D eigenvalue weighted by molar-refractivity contribution is 0.0713. The standard InChI is InChI=1S/C17H19ClN2OS/c1-11-12(2)22-16(19-11)13-6-8-20(9-7-13)17(21)14-4-3-5-15(18)10-14/h3-5,10,13H,6-9H2,1-2H3. The zero-order chi connectivity index (χ0) is 15.7. The molecule has 2 aromatic rings. The lowest BCUT2D eigenvalue weighted by Gasteiger charge is -2.31. The fourth-order valence-electron chi connectivity index (χ4n) is 2.81. The topological polar surface area (TPSA) is 33.2 Å². The van der Waals surface area contributed by atoms with Crippen LogP contribution < -0.4 is 0 Å². The van der Waals surface area contributed by atoms with Crippen LogP contribution in [0, 0.1) is 13.8 Å². The summed E-state index contributed by atoms with van der Waals surface area (Å²) in [7, 11) is 0. The minimum atomic E-state index is 0.0763. The van der Waals surface area contributed by atoms with Crippen molar-refractivity contribution in [1.82, 2.24) is 9.88 Å². The van der Waals surface area contributed by atoms with Gasteiger partial charge in [0.2, 0.25) is 0 Å². The minimum Gasteiger partial charge on any atom is -0.339 e. The minimum absolute atomic E-state index is 0.0763. The van der Waals surface area contributed by atoms with E-state index in [0.717, 1.165) is 31.6 Å². The second-order valence-electron chi connectivity index (χ2n) is 5.77. The van der Waals surface area contributed by atoms with Crippen molar-refractivity contribution in [2.45, 2.75) is 32.6 Å². The molecule has 1 aromatic carbocycles. The predicted octanol–water partition coefficient (Wildman–Crippen LogP) is 4.43. The Labute approximate surface area is 139 Å². The van der Waals surface area contributed by atoms with Gasteiger partial charge in [-0.25, -0.2) is 4.98 Å². The lowest BCUT2D eigenvalue weighted by Crippen LogP contribution is -2.37. The van der Waals surface area contributed by atoms with E-state index in [2.05, 4.69) is 18.8 Å². The SMILES string of the molecule is Cc1nc(C2CCN(C(=O)c3cccc(Cl)c3)CC2)sc1C. The molecular formula is C17H19ClN2OS. The first-order valence-corrected chi connectivity index (χ1v) is 8.73. The molecule has 0 radical (unpaired) electrons. The largest absolute Gasteiger partial charge is 0.339 e. The van der Waals surface area contributed by atoms with Crippen molar-refractivity contribution in [3.05, 3.63) is 50.4 Å². The molecule has 1 saturated heterocycles. The first-order valence-electron chi connectivity index (χ1n) is 7.53. The summed E-state index contributed by atoms with van der Waals surface area (Å²) in [6.07, 6.45) is 1.97. The molecule has 3 rings (SSSR count). The van der Waals surface area contributed by atoms with Gasteiger partial charge < -0.3 is 4.90 Å². The number of piperidine rings is 1. The summed E-state index contributed by atoms with van der Waals surface area (Å²) < 4.78 is 0. The Morgan fingerprint density at radius 1 is 1.32 bits per heavy atom. The van der Waals surface area contributed by atoms with Crippen LogP contribution in [0.3, 0.4) is 0 Å². The molecule has 1 aliphatic heterocycles. The molecular weight excluding hydrogens is 316 g/mol. The number of aromatic nitrogens is 1. The fraction of sp³-hybridized carbons (Fsp3) is 0.412. The Morgan fingerprint density at radius 2 is 2.05 bits per heavy atom. The molecule has 1 aliphatic rings. The lowest BCUT2D eigenvalue weighted by atomic mass is 9.97. The van der Waals surface area contributed by atoms with Crippen LogP contribution in [0.25, 0.3) is 0 Å². The molecule has 0 aliphatic carbocycles. The van der Waals surface area contributed by atoms with Crippen LogP contribution in [-0.2, 0) is 0 Å². The highest BCUT2D eigenvalue weighted by atomic mass is 35.5. The Bertz CT molecular complexity index is 670. The molecule has 3 nitrogen and oxygen atoms in total. The molecule has 5 heteroatoms. The number of halogens is 1. The van der Waals surface area contributed by atoms with Crippen LogP contribution in [0.2, 0.25) is 5.02 Å². The van der Waals surface area contributed by atoms with E-state index in [1.807, 2.05) is 17.0 Å². The molecule has 1 aromatic heterocycles. The quantitative estimate of drug-likeness (QED) is 0.813. The smallest absolute Gasteiger partial charge is 0.253 e. The number of carbonyl (C=O) groups excluding carboxylic acids is 1. The van der Waals surface area contributed by atoms with Crippen molar-refractivity contribution < 1.29 is 4.79 Å². The number of likely N-dealkylation sites (tertiary alicyclic amines) is 1. The van der Waals surface area contributed by atoms with Crippen molar-refractivity contribution in [1.29, 1.82) is 0 Å². The van der Waals surface area contributed by atoms with E-state index in [1.165, 1.54) is 9.88 Å². The number of benzene rings is 1. The first kappa shape index (κ1) is 15.5. The summed E-state index contributed by atoms with van der Waals surface area (Å²) in [6, 6.07) is 7.18. The van der Waals surface area contributed by atoms with Crippen LogP contribution in [0.5, 0.6) is 0 Å². The van der Waals surface area contributed by atoms with Gasteiger partial charge in [0.1, 0.15) is 0 Å². The number of carbonyl (C=O) groups is 1. The molecule has 1 amide bonds. The summed E-state index contributed by atoms with van der Waals surface area (Å²) in [5, 5.41) is 1.83. The van der Waals surface area contributed by atoms with Gasteiger partial charge in [0.15, 0.2) is 0 Å². The summed E-state index contributed by atoms with van der Waals surface area (Å²) in [5.41, 5.74) is 1.81. The average Bonchev–Trinajstić information content (AvgIpc) is 2.86. The molecule has 0 N–H and O–H groups in total. The van der Waals surface area contributed by atoms with Crippen molar-refractivity contribution in [3.63, 3.8) is 0 Å². The van der Waals surface area contributed by atoms with Crippen molar-refractivity contribution in [2.75, 3.05) is 13.1 Å². The summed E-state index contributed by atoms with van der Waals surface area (Å²) >= 11 is 7.77. The maximum atomic E-state index is 12.5. The number of thiazole rings is 1. The van der Waals surface area contributed by atoms with Crippen molar-refractivity contribution >= 4 is 28.8 Å². The Hall–Kier alpha value is -1.39. The van der Waals surface area contributed by atoms with Gasteiger partial charge in [0, 0.05) is 34.5 Å². The highest BCUT2D eigenvalue weighted by Gasteiger charge is 2.26. The Kier molecular flexibility index (Phi) is 4.50. The summed E-state index contributed by atoms with van der Waals surface area (Å²) in [5.74, 6) is 0.563. The van der Waals surface area contributed by atoms with Crippen LogP contribution in [-0.4, -0.2) is 28.9 Å². The van der Waals surface area contributed by atoms with Crippen molar-refractivity contribution in [3.8, 4) is 0 Å². The molecule has 0 unspecified atom stereocenters. The third kappa shape index (κ3) is 3.18. The fourth-order valence-corrected chi connectivity index (χ4v) is 4.09. The Morgan fingerprint density at radius 3 is 2.64 bits per heavy atom. The molecule has 116 valence electrons. The third-order valence-electron chi connectivity index (χ3n) is 4.25. The monoisotopic (exact) mass is 334 g/mol. The molecule has 0 bridgehead atoms. The first-order chi connectivity index (χ1) is 10.5. The van der Waals surface area contributed by atoms with E-state index in [-0.39, 0.29) is 5.91 Å². The average molecular weight is 335 g/mol. The maximum absolute atomic E-state index is 12.5. The van der Waals surface area contributed by atoms with Crippen LogP contribution >= 0.6 is 22.9 Å². The highest BCUT2D eigenvalue weighted by Crippen LogP contribution is 2.32. The maximum Gasteiger partial charge on any atom is 0.253 e. The molecule has 0 spiro atoms. The van der Waals surface area contributed by atoms with Gasteiger partial charge in [-0.1, -0.05) is 17.7 Å². The van der Waals surface area contributed by atoms with Gasteiger partial charge in [0.05, 0.1) is 10.7 Å². The van der Waals surface area contributed by atoms with Gasteiger partial charge in [-0.05, 0) is 44.9 Å². The second-order valence-corrected chi connectivity index (χ2v) is 7.44. The van der Waals surface area contributed by atoms with E-state index in [1.54, 1.807) is 23.5 Å². The number of hydrogen-bond donors (Lipinski definition) is 0. The van der Waals surface area contributed by atoms with Gasteiger partial charge >= 0.3 is 0 Å². The number of amides is 1.